The Labute approximate surface area is 111 Å². The first-order valence-electron chi connectivity index (χ1n) is 4.03. The number of nitrogens with zero attached hydrogens (tertiary/aromatic N) is 1. The molecule has 0 saturated heterocycles. The van der Waals surface area contributed by atoms with E-state index in [4.69, 9.17) is 28.9 Å². The monoisotopic (exact) mass is 325 g/mol. The molecule has 8 heteroatoms. The fourth-order valence-corrected chi connectivity index (χ4v) is 1.95. The molecule has 0 bridgehead atoms. The number of halogens is 3. The topological polar surface area (TPSA) is 97.4 Å². The van der Waals surface area contributed by atoms with Crippen molar-refractivity contribution in [2.24, 2.45) is 10.7 Å². The van der Waals surface area contributed by atoms with Gasteiger partial charge in [0.05, 0.1) is 14.5 Å². The van der Waals surface area contributed by atoms with E-state index < -0.39 is 5.79 Å². The molecule has 1 aromatic carbocycles. The van der Waals surface area contributed by atoms with Crippen LogP contribution in [0.3, 0.4) is 0 Å². The van der Waals surface area contributed by atoms with Gasteiger partial charge in [0.15, 0.2) is 0 Å². The van der Waals surface area contributed by atoms with Crippen LogP contribution in [-0.4, -0.2) is 6.34 Å². The second-order valence-electron chi connectivity index (χ2n) is 3.05. The summed E-state index contributed by atoms with van der Waals surface area (Å²) < 4.78 is 0.646. The highest BCUT2D eigenvalue weighted by molar-refractivity contribution is 9.10. The van der Waals surface area contributed by atoms with Crippen molar-refractivity contribution in [2.45, 2.75) is 5.79 Å². The number of hydrogen-bond acceptors (Lipinski definition) is 5. The van der Waals surface area contributed by atoms with Gasteiger partial charge in [0.1, 0.15) is 6.34 Å². The van der Waals surface area contributed by atoms with E-state index in [2.05, 4.69) is 31.8 Å². The van der Waals surface area contributed by atoms with Gasteiger partial charge in [-0.25, -0.2) is 4.99 Å². The molecule has 0 aromatic heterocycles. The van der Waals surface area contributed by atoms with Crippen LogP contribution in [0.15, 0.2) is 21.6 Å². The van der Waals surface area contributed by atoms with Gasteiger partial charge in [0, 0.05) is 5.56 Å². The maximum Gasteiger partial charge on any atom is 0.207 e. The Morgan fingerprint density at radius 3 is 2.31 bits per heavy atom. The first-order chi connectivity index (χ1) is 7.03. The van der Waals surface area contributed by atoms with E-state index >= 15 is 0 Å². The Bertz CT molecular complexity index is 415. The number of hydrogen-bond donors (Lipinski definition) is 4. The van der Waals surface area contributed by atoms with Crippen LogP contribution in [0, 0.1) is 0 Å². The predicted molar refractivity (Wildman–Crippen MR) is 69.8 cm³/mol. The molecule has 5 nitrogen and oxygen atoms in total. The highest BCUT2D eigenvalue weighted by Crippen LogP contribution is 2.34. The molecule has 1 aliphatic heterocycles. The Kier molecular flexibility index (Phi) is 4.17. The van der Waals surface area contributed by atoms with Crippen LogP contribution >= 0.6 is 39.1 Å². The Balaban J connectivity index is 0.00000128. The molecule has 16 heavy (non-hydrogen) atoms. The molecule has 0 amide bonds. The average molecular weight is 327 g/mol. The van der Waals surface area contributed by atoms with Crippen LogP contribution in [0.1, 0.15) is 5.56 Å². The molecule has 0 spiro atoms. The summed E-state index contributed by atoms with van der Waals surface area (Å²) in [5.41, 5.74) is 12.1. The molecule has 1 aromatic rings. The Morgan fingerprint density at radius 1 is 1.31 bits per heavy atom. The van der Waals surface area contributed by atoms with Crippen molar-refractivity contribution in [3.8, 4) is 0 Å². The minimum absolute atomic E-state index is 0. The van der Waals surface area contributed by atoms with Gasteiger partial charge in [-0.3, -0.25) is 5.73 Å². The van der Waals surface area contributed by atoms with Gasteiger partial charge in [-0.2, -0.15) is 5.43 Å². The van der Waals surface area contributed by atoms with Crippen LogP contribution in [0.4, 0.5) is 0 Å². The Hall–Kier alpha value is -0.370. The molecule has 1 unspecified atom stereocenters. The molecular weight excluding hydrogens is 317 g/mol. The summed E-state index contributed by atoms with van der Waals surface area (Å²) in [5, 5.41) is 0.984. The highest BCUT2D eigenvalue weighted by Gasteiger charge is 2.29. The van der Waals surface area contributed by atoms with Gasteiger partial charge in [-0.05, 0) is 28.1 Å². The van der Waals surface area contributed by atoms with E-state index in [1.165, 1.54) is 6.34 Å². The lowest BCUT2D eigenvalue weighted by Gasteiger charge is -2.21. The number of aliphatic imine (C=N–C) groups is 1. The predicted octanol–water partition coefficient (Wildman–Crippen LogP) is 2.12. The molecule has 88 valence electrons. The molecule has 0 radical (unpaired) electrons. The summed E-state index contributed by atoms with van der Waals surface area (Å²) >= 11 is 15.2. The number of nitrogens with two attached hydrogens (primary N) is 1. The number of rotatable bonds is 1. The zero-order chi connectivity index (χ0) is 11.1. The second kappa shape index (κ2) is 4.87. The average Bonchev–Trinajstić information content (AvgIpc) is 2.62. The van der Waals surface area contributed by atoms with Crippen molar-refractivity contribution >= 4 is 45.5 Å². The molecule has 1 heterocycles. The van der Waals surface area contributed by atoms with Gasteiger partial charge < -0.3 is 11.6 Å². The molecule has 7 N–H and O–H groups in total. The molecule has 0 fully saturated rings. The zero-order valence-corrected chi connectivity index (χ0v) is 11.2. The van der Waals surface area contributed by atoms with Crippen molar-refractivity contribution in [1.29, 1.82) is 0 Å². The van der Waals surface area contributed by atoms with Gasteiger partial charge in [-0.1, -0.05) is 23.2 Å². The third-order valence-corrected chi connectivity index (χ3v) is 3.93. The van der Waals surface area contributed by atoms with Crippen LogP contribution in [0.5, 0.6) is 0 Å². The lowest BCUT2D eigenvalue weighted by molar-refractivity contribution is 0.375. The van der Waals surface area contributed by atoms with Gasteiger partial charge in [-0.15, -0.1) is 0 Å². The second-order valence-corrected chi connectivity index (χ2v) is 4.66. The SMILES string of the molecule is N.NC1(c2cc(Cl)c(Br)c(Cl)c2)N=CNN1. The van der Waals surface area contributed by atoms with E-state index in [0.717, 1.165) is 0 Å². The molecule has 1 atom stereocenters. The van der Waals surface area contributed by atoms with Crippen LogP contribution in [-0.2, 0) is 5.79 Å². The first kappa shape index (κ1) is 13.7. The van der Waals surface area contributed by atoms with Gasteiger partial charge in [0.2, 0.25) is 5.79 Å². The molecular formula is C8H10BrCl2N5. The number of hydrazine groups is 1. The van der Waals surface area contributed by atoms with Crippen molar-refractivity contribution in [1.82, 2.24) is 17.0 Å². The standard InChI is InChI=1S/C8H7BrCl2N4.H3N/c9-7-5(10)1-4(2-6(7)11)8(12)13-3-14-15-8;/h1-3,15H,12H2,(H,13,14);1H3. The van der Waals surface area contributed by atoms with E-state index in [0.29, 0.717) is 20.1 Å². The normalized spacial score (nSPS) is 22.8. The fraction of sp³-hybridized carbons (Fsp3) is 0.125. The summed E-state index contributed by atoms with van der Waals surface area (Å²) in [7, 11) is 0. The highest BCUT2D eigenvalue weighted by atomic mass is 79.9. The van der Waals surface area contributed by atoms with Crippen molar-refractivity contribution in [3.05, 3.63) is 32.2 Å². The van der Waals surface area contributed by atoms with Crippen LogP contribution in [0.25, 0.3) is 0 Å². The smallest absolute Gasteiger partial charge is 0.207 e. The van der Waals surface area contributed by atoms with Crippen molar-refractivity contribution in [3.63, 3.8) is 0 Å². The summed E-state index contributed by atoms with van der Waals surface area (Å²) in [4.78, 5) is 4.05. The van der Waals surface area contributed by atoms with Crippen molar-refractivity contribution in [2.75, 3.05) is 0 Å². The summed E-state index contributed by atoms with van der Waals surface area (Å²) in [6.07, 6.45) is 1.48. The largest absolute Gasteiger partial charge is 0.344 e. The fourth-order valence-electron chi connectivity index (χ4n) is 1.23. The van der Waals surface area contributed by atoms with E-state index in [1.54, 1.807) is 12.1 Å². The first-order valence-corrected chi connectivity index (χ1v) is 5.58. The van der Waals surface area contributed by atoms with Gasteiger partial charge in [0.25, 0.3) is 0 Å². The van der Waals surface area contributed by atoms with Crippen LogP contribution in [0.2, 0.25) is 10.0 Å². The van der Waals surface area contributed by atoms with Crippen LogP contribution < -0.4 is 22.7 Å². The van der Waals surface area contributed by atoms with Crippen molar-refractivity contribution < 1.29 is 0 Å². The molecule has 2 rings (SSSR count). The third-order valence-electron chi connectivity index (χ3n) is 2.02. The quantitative estimate of drug-likeness (QED) is 0.594. The minimum atomic E-state index is -1.02. The summed E-state index contributed by atoms with van der Waals surface area (Å²) in [6.45, 7) is 0. The molecule has 1 aliphatic rings. The zero-order valence-electron chi connectivity index (χ0n) is 8.10. The lowest BCUT2D eigenvalue weighted by Crippen LogP contribution is -2.49. The summed E-state index contributed by atoms with van der Waals surface area (Å²) in [6, 6.07) is 3.41. The van der Waals surface area contributed by atoms with E-state index in [1.807, 2.05) is 0 Å². The van der Waals surface area contributed by atoms with E-state index in [-0.39, 0.29) is 6.15 Å². The number of nitrogens with one attached hydrogen (secondary N) is 2. The summed E-state index contributed by atoms with van der Waals surface area (Å²) in [5.74, 6) is -1.02. The maximum atomic E-state index is 5.97. The minimum Gasteiger partial charge on any atom is -0.344 e. The maximum absolute atomic E-state index is 5.97. The lowest BCUT2D eigenvalue weighted by atomic mass is 10.1. The van der Waals surface area contributed by atoms with Gasteiger partial charge >= 0.3 is 0 Å². The third kappa shape index (κ3) is 2.32. The molecule has 0 saturated carbocycles. The van der Waals surface area contributed by atoms with E-state index in [9.17, 15) is 0 Å². The Morgan fingerprint density at radius 2 is 1.88 bits per heavy atom. The number of benzene rings is 1. The molecule has 0 aliphatic carbocycles.